The topological polar surface area (TPSA) is 107 Å². The van der Waals surface area contributed by atoms with Crippen molar-refractivity contribution >= 4 is 33.0 Å². The predicted molar refractivity (Wildman–Crippen MR) is 76.9 cm³/mol. The van der Waals surface area contributed by atoms with E-state index in [4.69, 9.17) is 11.6 Å². The van der Waals surface area contributed by atoms with Crippen LogP contribution >= 0.6 is 11.6 Å². The second kappa shape index (κ2) is 5.34. The molecule has 0 spiro atoms. The fourth-order valence-electron chi connectivity index (χ4n) is 1.70. The van der Waals surface area contributed by atoms with Gasteiger partial charge in [0.1, 0.15) is 5.15 Å². The van der Waals surface area contributed by atoms with Gasteiger partial charge in [-0.05, 0) is 19.1 Å². The molecule has 2 rings (SSSR count). The summed E-state index contributed by atoms with van der Waals surface area (Å²) in [6.45, 7) is 1.52. The third kappa shape index (κ3) is 2.98. The summed E-state index contributed by atoms with van der Waals surface area (Å²) in [6, 6.07) is 3.90. The zero-order valence-corrected chi connectivity index (χ0v) is 12.6. The van der Waals surface area contributed by atoms with Gasteiger partial charge in [-0.1, -0.05) is 11.6 Å². The van der Waals surface area contributed by atoms with E-state index in [1.165, 1.54) is 36.0 Å². The fourth-order valence-corrected chi connectivity index (χ4v) is 3.18. The monoisotopic (exact) mass is 330 g/mol. The number of sulfonamides is 1. The number of halogens is 1. The molecule has 0 radical (unpaired) electrons. The number of aryl methyl sites for hydroxylation is 2. The van der Waals surface area contributed by atoms with Crippen molar-refractivity contribution < 1.29 is 13.3 Å². The molecule has 10 heteroatoms. The van der Waals surface area contributed by atoms with E-state index < -0.39 is 14.9 Å². The predicted octanol–water partition coefficient (Wildman–Crippen LogP) is 2.09. The standard InChI is InChI=1S/C11H11ClN4O4S/c1-7-5-8(3-4-9(7)16(17)18)14-21(19,20)11-10(12)15(2)6-13-11/h3-6,14H,1-2H3. The highest BCUT2D eigenvalue weighted by atomic mass is 35.5. The molecule has 112 valence electrons. The molecule has 0 unspecified atom stereocenters. The van der Waals surface area contributed by atoms with Crippen LogP contribution in [0.5, 0.6) is 0 Å². The van der Waals surface area contributed by atoms with Crippen molar-refractivity contribution in [2.24, 2.45) is 7.05 Å². The number of anilines is 1. The van der Waals surface area contributed by atoms with Gasteiger partial charge in [0, 0.05) is 24.4 Å². The lowest BCUT2D eigenvalue weighted by Crippen LogP contribution is -2.14. The highest BCUT2D eigenvalue weighted by molar-refractivity contribution is 7.92. The molecule has 0 fully saturated rings. The van der Waals surface area contributed by atoms with Gasteiger partial charge in [-0.3, -0.25) is 14.8 Å². The molecule has 21 heavy (non-hydrogen) atoms. The molecule has 1 aromatic heterocycles. The van der Waals surface area contributed by atoms with Gasteiger partial charge in [-0.25, -0.2) is 4.98 Å². The van der Waals surface area contributed by atoms with E-state index in [-0.39, 0.29) is 21.6 Å². The van der Waals surface area contributed by atoms with Crippen LogP contribution in [-0.2, 0) is 17.1 Å². The Hall–Kier alpha value is -2.13. The number of nitrogens with zero attached hydrogens (tertiary/aromatic N) is 3. The number of hydrogen-bond donors (Lipinski definition) is 1. The Balaban J connectivity index is 2.35. The molecule has 1 N–H and O–H groups in total. The van der Waals surface area contributed by atoms with Gasteiger partial charge in [-0.15, -0.1) is 0 Å². The first-order chi connectivity index (χ1) is 9.72. The molecule has 2 aromatic rings. The van der Waals surface area contributed by atoms with Gasteiger partial charge in [-0.2, -0.15) is 8.42 Å². The molecule has 1 aromatic carbocycles. The number of nitrogens with one attached hydrogen (secondary N) is 1. The highest BCUT2D eigenvalue weighted by Gasteiger charge is 2.23. The Bertz CT molecular complexity index is 816. The number of rotatable bonds is 4. The number of imidazole rings is 1. The van der Waals surface area contributed by atoms with Gasteiger partial charge in [0.05, 0.1) is 11.3 Å². The third-order valence-corrected chi connectivity index (χ3v) is 4.60. The van der Waals surface area contributed by atoms with E-state index in [0.717, 1.165) is 0 Å². The van der Waals surface area contributed by atoms with Crippen LogP contribution in [0.3, 0.4) is 0 Å². The van der Waals surface area contributed by atoms with Crippen molar-refractivity contribution in [3.8, 4) is 0 Å². The summed E-state index contributed by atoms with van der Waals surface area (Å²) in [4.78, 5) is 13.9. The van der Waals surface area contributed by atoms with Gasteiger partial charge < -0.3 is 4.57 Å². The Kier molecular flexibility index (Phi) is 3.88. The van der Waals surface area contributed by atoms with Gasteiger partial charge in [0.2, 0.25) is 5.03 Å². The largest absolute Gasteiger partial charge is 0.324 e. The molecule has 0 aliphatic carbocycles. The maximum atomic E-state index is 12.2. The number of hydrogen-bond acceptors (Lipinski definition) is 5. The maximum Gasteiger partial charge on any atom is 0.282 e. The first-order valence-corrected chi connectivity index (χ1v) is 7.53. The molecule has 0 saturated heterocycles. The lowest BCUT2D eigenvalue weighted by atomic mass is 10.2. The fraction of sp³-hybridized carbons (Fsp3) is 0.182. The molecule has 0 saturated carbocycles. The summed E-state index contributed by atoms with van der Waals surface area (Å²) in [5.74, 6) is 0. The van der Waals surface area contributed by atoms with Gasteiger partial charge in [0.15, 0.2) is 0 Å². The van der Waals surface area contributed by atoms with Gasteiger partial charge in [0.25, 0.3) is 15.7 Å². The number of nitro groups is 1. The van der Waals surface area contributed by atoms with Crippen molar-refractivity contribution in [2.45, 2.75) is 11.9 Å². The summed E-state index contributed by atoms with van der Waals surface area (Å²) >= 11 is 5.85. The summed E-state index contributed by atoms with van der Waals surface area (Å²) < 4.78 is 28.0. The Morgan fingerprint density at radius 1 is 1.43 bits per heavy atom. The second-order valence-corrected chi connectivity index (χ2v) is 6.27. The van der Waals surface area contributed by atoms with E-state index in [2.05, 4.69) is 9.71 Å². The Morgan fingerprint density at radius 2 is 2.10 bits per heavy atom. The molecule has 8 nitrogen and oxygen atoms in total. The smallest absolute Gasteiger partial charge is 0.282 e. The Labute approximate surface area is 125 Å². The first kappa shape index (κ1) is 15.3. The normalized spacial score (nSPS) is 11.4. The van der Waals surface area contributed by atoms with Crippen molar-refractivity contribution in [3.63, 3.8) is 0 Å². The molecular weight excluding hydrogens is 320 g/mol. The van der Waals surface area contributed by atoms with Gasteiger partial charge >= 0.3 is 0 Å². The lowest BCUT2D eigenvalue weighted by molar-refractivity contribution is -0.385. The minimum absolute atomic E-state index is 0.0267. The van der Waals surface area contributed by atoms with Crippen LogP contribution in [0.15, 0.2) is 29.6 Å². The molecule has 0 amide bonds. The van der Waals surface area contributed by atoms with E-state index in [1.807, 2.05) is 0 Å². The average Bonchev–Trinajstić information content (AvgIpc) is 2.69. The van der Waals surface area contributed by atoms with Crippen LogP contribution in [0.1, 0.15) is 5.56 Å². The van der Waals surface area contributed by atoms with Crippen LogP contribution in [0.2, 0.25) is 5.15 Å². The number of aromatic nitrogens is 2. The summed E-state index contributed by atoms with van der Waals surface area (Å²) in [5, 5.41) is 10.4. The molecule has 0 atom stereocenters. The van der Waals surface area contributed by atoms with E-state index in [0.29, 0.717) is 5.56 Å². The Morgan fingerprint density at radius 3 is 2.57 bits per heavy atom. The SMILES string of the molecule is Cc1cc(NS(=O)(=O)c2ncn(C)c2Cl)ccc1[N+](=O)[O-]. The van der Waals surface area contributed by atoms with Crippen LogP contribution in [-0.4, -0.2) is 22.9 Å². The second-order valence-electron chi connectivity index (χ2n) is 4.32. The van der Waals surface area contributed by atoms with Crippen LogP contribution in [0, 0.1) is 17.0 Å². The van der Waals surface area contributed by atoms with Crippen LogP contribution < -0.4 is 4.72 Å². The molecule has 0 aliphatic rings. The quantitative estimate of drug-likeness (QED) is 0.682. The minimum Gasteiger partial charge on any atom is -0.324 e. The molecule has 0 aliphatic heterocycles. The van der Waals surface area contributed by atoms with Crippen molar-refractivity contribution in [1.29, 1.82) is 0 Å². The molecule has 1 heterocycles. The van der Waals surface area contributed by atoms with Crippen molar-refractivity contribution in [3.05, 3.63) is 45.4 Å². The van der Waals surface area contributed by atoms with Crippen molar-refractivity contribution in [2.75, 3.05) is 4.72 Å². The zero-order valence-electron chi connectivity index (χ0n) is 11.1. The maximum absolute atomic E-state index is 12.2. The van der Waals surface area contributed by atoms with E-state index in [1.54, 1.807) is 7.05 Å². The summed E-state index contributed by atoms with van der Waals surface area (Å²) in [7, 11) is -2.40. The first-order valence-electron chi connectivity index (χ1n) is 5.67. The van der Waals surface area contributed by atoms with E-state index in [9.17, 15) is 18.5 Å². The van der Waals surface area contributed by atoms with E-state index >= 15 is 0 Å². The van der Waals surface area contributed by atoms with Crippen LogP contribution in [0.25, 0.3) is 0 Å². The molecular formula is C11H11ClN4O4S. The van der Waals surface area contributed by atoms with Crippen LogP contribution in [0.4, 0.5) is 11.4 Å². The van der Waals surface area contributed by atoms with Crippen molar-refractivity contribution in [1.82, 2.24) is 9.55 Å². The minimum atomic E-state index is -3.96. The molecule has 0 bridgehead atoms. The number of benzene rings is 1. The third-order valence-electron chi connectivity index (χ3n) is 2.73. The zero-order chi connectivity index (χ0) is 15.8. The highest BCUT2D eigenvalue weighted by Crippen LogP contribution is 2.25. The number of nitro benzene ring substituents is 1. The average molecular weight is 331 g/mol. The lowest BCUT2D eigenvalue weighted by Gasteiger charge is -2.07. The summed E-state index contributed by atoms with van der Waals surface area (Å²) in [5.41, 5.74) is 0.445. The summed E-state index contributed by atoms with van der Waals surface area (Å²) in [6.07, 6.45) is 1.28.